The van der Waals surface area contributed by atoms with Gasteiger partial charge in [-0.3, -0.25) is 4.79 Å². The Morgan fingerprint density at radius 3 is 2.81 bits per heavy atom. The molecule has 2 aromatic rings. The number of esters is 1. The number of ether oxygens (including phenoxy) is 2. The molecule has 0 unspecified atom stereocenters. The maximum Gasteiger partial charge on any atom is 0.316 e. The van der Waals surface area contributed by atoms with Crippen LogP contribution >= 0.6 is 11.8 Å². The summed E-state index contributed by atoms with van der Waals surface area (Å²) >= 11 is 1.28. The van der Waals surface area contributed by atoms with Crippen LogP contribution in [0.15, 0.2) is 29.4 Å². The maximum atomic E-state index is 11.1. The summed E-state index contributed by atoms with van der Waals surface area (Å²) in [7, 11) is 3.21. The molecule has 0 saturated heterocycles. The molecular formula is C14H17N3O3S. The standard InChI is InChI=1S/C14H17N3O3S/c1-10-6-4-5-7-11(10)20-8-12-15-16-14(17(12)2)21-9-13(18)19-3/h4-7H,8-9H2,1-3H3. The van der Waals surface area contributed by atoms with Crippen molar-refractivity contribution >= 4 is 17.7 Å². The summed E-state index contributed by atoms with van der Waals surface area (Å²) in [5.41, 5.74) is 1.07. The van der Waals surface area contributed by atoms with Crippen molar-refractivity contribution in [1.82, 2.24) is 14.8 Å². The lowest BCUT2D eigenvalue weighted by Gasteiger charge is -2.08. The number of aromatic nitrogens is 3. The van der Waals surface area contributed by atoms with Crippen molar-refractivity contribution in [3.63, 3.8) is 0 Å². The Labute approximate surface area is 127 Å². The molecule has 0 radical (unpaired) electrons. The molecule has 0 fully saturated rings. The average molecular weight is 307 g/mol. The molecular weight excluding hydrogens is 290 g/mol. The average Bonchev–Trinajstić information content (AvgIpc) is 2.84. The molecule has 0 amide bonds. The normalized spacial score (nSPS) is 10.4. The van der Waals surface area contributed by atoms with Gasteiger partial charge < -0.3 is 14.0 Å². The van der Waals surface area contributed by atoms with Gasteiger partial charge in [-0.05, 0) is 18.6 Å². The number of benzene rings is 1. The maximum absolute atomic E-state index is 11.1. The van der Waals surface area contributed by atoms with Gasteiger partial charge in [0.05, 0.1) is 12.9 Å². The highest BCUT2D eigenvalue weighted by atomic mass is 32.2. The van der Waals surface area contributed by atoms with Gasteiger partial charge in [-0.25, -0.2) is 0 Å². The molecule has 0 aliphatic rings. The van der Waals surface area contributed by atoms with Crippen LogP contribution < -0.4 is 4.74 Å². The van der Waals surface area contributed by atoms with Crippen LogP contribution in [0.2, 0.25) is 0 Å². The molecule has 1 heterocycles. The molecule has 1 aromatic heterocycles. The van der Waals surface area contributed by atoms with Gasteiger partial charge >= 0.3 is 5.97 Å². The van der Waals surface area contributed by atoms with E-state index in [9.17, 15) is 4.79 Å². The third-order valence-corrected chi connectivity index (χ3v) is 3.92. The molecule has 0 spiro atoms. The number of aryl methyl sites for hydroxylation is 1. The van der Waals surface area contributed by atoms with Crippen LogP contribution in [0.4, 0.5) is 0 Å². The van der Waals surface area contributed by atoms with Crippen LogP contribution in [-0.4, -0.2) is 33.6 Å². The van der Waals surface area contributed by atoms with Gasteiger partial charge in [-0.15, -0.1) is 10.2 Å². The van der Waals surface area contributed by atoms with Crippen LogP contribution in [0.1, 0.15) is 11.4 Å². The molecule has 0 N–H and O–H groups in total. The third kappa shape index (κ3) is 3.98. The lowest BCUT2D eigenvalue weighted by atomic mass is 10.2. The van der Waals surface area contributed by atoms with Crippen molar-refractivity contribution in [2.75, 3.05) is 12.9 Å². The fourth-order valence-electron chi connectivity index (χ4n) is 1.64. The van der Waals surface area contributed by atoms with E-state index in [-0.39, 0.29) is 11.7 Å². The SMILES string of the molecule is COC(=O)CSc1nnc(COc2ccccc2C)n1C. The third-order valence-electron chi connectivity index (χ3n) is 2.92. The molecule has 0 bridgehead atoms. The molecule has 21 heavy (non-hydrogen) atoms. The first kappa shape index (κ1) is 15.4. The van der Waals surface area contributed by atoms with E-state index >= 15 is 0 Å². The monoisotopic (exact) mass is 307 g/mol. The fraction of sp³-hybridized carbons (Fsp3) is 0.357. The van der Waals surface area contributed by atoms with E-state index in [4.69, 9.17) is 4.74 Å². The van der Waals surface area contributed by atoms with Crippen LogP contribution in [-0.2, 0) is 23.2 Å². The first-order chi connectivity index (χ1) is 10.1. The van der Waals surface area contributed by atoms with E-state index in [2.05, 4.69) is 14.9 Å². The zero-order valence-corrected chi connectivity index (χ0v) is 13.0. The Balaban J connectivity index is 1.97. The topological polar surface area (TPSA) is 66.2 Å². The summed E-state index contributed by atoms with van der Waals surface area (Å²) < 4.78 is 12.1. The fourth-order valence-corrected chi connectivity index (χ4v) is 2.40. The number of thioether (sulfide) groups is 1. The molecule has 112 valence electrons. The largest absolute Gasteiger partial charge is 0.485 e. The minimum atomic E-state index is -0.291. The second kappa shape index (κ2) is 7.12. The number of carbonyl (C=O) groups excluding carboxylic acids is 1. The molecule has 1 aromatic carbocycles. The van der Waals surface area contributed by atoms with Crippen molar-refractivity contribution in [3.05, 3.63) is 35.7 Å². The number of para-hydroxylation sites is 1. The van der Waals surface area contributed by atoms with Crippen LogP contribution in [0.3, 0.4) is 0 Å². The lowest BCUT2D eigenvalue weighted by molar-refractivity contribution is -0.137. The highest BCUT2D eigenvalue weighted by Crippen LogP contribution is 2.19. The number of nitrogens with zero attached hydrogens (tertiary/aromatic N) is 3. The Bertz CT molecular complexity index is 628. The Hall–Kier alpha value is -2.02. The summed E-state index contributed by atoms with van der Waals surface area (Å²) in [6.45, 7) is 2.32. The Morgan fingerprint density at radius 2 is 2.10 bits per heavy atom. The van der Waals surface area contributed by atoms with Gasteiger partial charge in [0.25, 0.3) is 0 Å². The number of carbonyl (C=O) groups is 1. The van der Waals surface area contributed by atoms with Crippen LogP contribution in [0.5, 0.6) is 5.75 Å². The van der Waals surface area contributed by atoms with E-state index < -0.39 is 0 Å². The number of methoxy groups -OCH3 is 1. The van der Waals surface area contributed by atoms with Crippen molar-refractivity contribution in [3.8, 4) is 5.75 Å². The van der Waals surface area contributed by atoms with Crippen LogP contribution in [0, 0.1) is 6.92 Å². The minimum absolute atomic E-state index is 0.209. The summed E-state index contributed by atoms with van der Waals surface area (Å²) in [5, 5.41) is 8.78. The lowest BCUT2D eigenvalue weighted by Crippen LogP contribution is -2.07. The smallest absolute Gasteiger partial charge is 0.316 e. The van der Waals surface area contributed by atoms with E-state index in [1.807, 2.05) is 42.8 Å². The van der Waals surface area contributed by atoms with Crippen LogP contribution in [0.25, 0.3) is 0 Å². The Kier molecular flexibility index (Phi) is 5.21. The van der Waals surface area contributed by atoms with E-state index in [1.54, 1.807) is 0 Å². The zero-order valence-electron chi connectivity index (χ0n) is 12.2. The Morgan fingerprint density at radius 1 is 1.33 bits per heavy atom. The molecule has 6 nitrogen and oxygen atoms in total. The summed E-state index contributed by atoms with van der Waals surface area (Å²) in [6.07, 6.45) is 0. The predicted molar refractivity (Wildman–Crippen MR) is 79.3 cm³/mol. The number of hydrogen-bond acceptors (Lipinski definition) is 6. The van der Waals surface area contributed by atoms with E-state index in [0.29, 0.717) is 17.6 Å². The summed E-state index contributed by atoms with van der Waals surface area (Å²) in [6, 6.07) is 7.80. The number of hydrogen-bond donors (Lipinski definition) is 0. The second-order valence-corrected chi connectivity index (χ2v) is 5.32. The second-order valence-electron chi connectivity index (χ2n) is 4.38. The quantitative estimate of drug-likeness (QED) is 0.600. The first-order valence-electron chi connectivity index (χ1n) is 6.38. The van der Waals surface area contributed by atoms with Gasteiger partial charge in [-0.1, -0.05) is 30.0 Å². The van der Waals surface area contributed by atoms with Gasteiger partial charge in [0.15, 0.2) is 11.0 Å². The zero-order chi connectivity index (χ0) is 15.2. The predicted octanol–water partition coefficient (Wildman–Crippen LogP) is 1.97. The van der Waals surface area contributed by atoms with Gasteiger partial charge in [0.1, 0.15) is 12.4 Å². The van der Waals surface area contributed by atoms with E-state index in [0.717, 1.165) is 11.3 Å². The van der Waals surface area contributed by atoms with Gasteiger partial charge in [0, 0.05) is 7.05 Å². The van der Waals surface area contributed by atoms with Gasteiger partial charge in [0.2, 0.25) is 0 Å². The minimum Gasteiger partial charge on any atom is -0.485 e. The molecule has 2 rings (SSSR count). The molecule has 0 aliphatic carbocycles. The molecule has 0 saturated carbocycles. The highest BCUT2D eigenvalue weighted by molar-refractivity contribution is 7.99. The molecule has 0 atom stereocenters. The van der Waals surface area contributed by atoms with Crippen molar-refractivity contribution in [1.29, 1.82) is 0 Å². The van der Waals surface area contributed by atoms with E-state index in [1.165, 1.54) is 18.9 Å². The summed E-state index contributed by atoms with van der Waals surface area (Å²) in [4.78, 5) is 11.1. The first-order valence-corrected chi connectivity index (χ1v) is 7.36. The summed E-state index contributed by atoms with van der Waals surface area (Å²) in [5.74, 6) is 1.44. The highest BCUT2D eigenvalue weighted by Gasteiger charge is 2.12. The van der Waals surface area contributed by atoms with Crippen molar-refractivity contribution in [2.24, 2.45) is 7.05 Å². The van der Waals surface area contributed by atoms with Crippen molar-refractivity contribution < 1.29 is 14.3 Å². The number of rotatable bonds is 6. The molecule has 7 heteroatoms. The van der Waals surface area contributed by atoms with Gasteiger partial charge in [-0.2, -0.15) is 0 Å². The van der Waals surface area contributed by atoms with Crippen molar-refractivity contribution in [2.45, 2.75) is 18.7 Å². The molecule has 0 aliphatic heterocycles.